The summed E-state index contributed by atoms with van der Waals surface area (Å²) in [6.45, 7) is 4.35. The number of nitrogens with zero attached hydrogens (tertiary/aromatic N) is 4. The van der Waals surface area contributed by atoms with Crippen molar-refractivity contribution in [1.82, 2.24) is 19.1 Å². The quantitative estimate of drug-likeness (QED) is 0.170. The Labute approximate surface area is 337 Å². The minimum absolute atomic E-state index is 0.668. The van der Waals surface area contributed by atoms with E-state index in [-0.39, 0.29) is 0 Å². The SMILES string of the molecule is Cc1ccc2c(c1)c1cc(C)ccc1n2-c1cccc(-c2nc(-c3ccccc3)cc(-c3ccccc3)n2)c1-c1ccccc1-n1c2ccccc2c2ccccc21. The van der Waals surface area contributed by atoms with Gasteiger partial charge in [0.25, 0.3) is 0 Å². The Bertz CT molecular complexity index is 3180. The summed E-state index contributed by atoms with van der Waals surface area (Å²) in [5, 5.41) is 4.92. The second-order valence-electron chi connectivity index (χ2n) is 15.2. The molecule has 11 aromatic rings. The molecule has 0 radical (unpaired) electrons. The lowest BCUT2D eigenvalue weighted by Crippen LogP contribution is -2.04. The molecular weight excluding hydrogens is 705 g/mol. The highest BCUT2D eigenvalue weighted by Crippen LogP contribution is 2.45. The van der Waals surface area contributed by atoms with Crippen LogP contribution in [0, 0.1) is 13.8 Å². The molecule has 0 saturated heterocycles. The van der Waals surface area contributed by atoms with Crippen LogP contribution < -0.4 is 0 Å². The van der Waals surface area contributed by atoms with E-state index >= 15 is 0 Å². The summed E-state index contributed by atoms with van der Waals surface area (Å²) in [5.74, 6) is 0.668. The molecule has 0 saturated carbocycles. The molecule has 0 aliphatic carbocycles. The molecule has 8 aromatic carbocycles. The van der Waals surface area contributed by atoms with Gasteiger partial charge in [-0.05, 0) is 68.4 Å². The van der Waals surface area contributed by atoms with E-state index in [0.717, 1.165) is 72.6 Å². The Morgan fingerprint density at radius 1 is 0.345 bits per heavy atom. The molecule has 0 unspecified atom stereocenters. The Kier molecular flexibility index (Phi) is 7.90. The minimum Gasteiger partial charge on any atom is -0.309 e. The van der Waals surface area contributed by atoms with Crippen molar-refractivity contribution in [3.05, 3.63) is 205 Å². The van der Waals surface area contributed by atoms with E-state index in [9.17, 15) is 0 Å². The summed E-state index contributed by atoms with van der Waals surface area (Å²) >= 11 is 0. The van der Waals surface area contributed by atoms with E-state index in [1.165, 1.54) is 32.7 Å². The first-order valence-electron chi connectivity index (χ1n) is 19.8. The lowest BCUT2D eigenvalue weighted by atomic mass is 9.94. The zero-order valence-corrected chi connectivity index (χ0v) is 32.3. The van der Waals surface area contributed by atoms with Crippen LogP contribution in [0.4, 0.5) is 0 Å². The van der Waals surface area contributed by atoms with Gasteiger partial charge in [0.05, 0.1) is 44.8 Å². The van der Waals surface area contributed by atoms with E-state index in [1.807, 2.05) is 12.1 Å². The number of hydrogen-bond donors (Lipinski definition) is 0. The van der Waals surface area contributed by atoms with Crippen LogP contribution in [0.5, 0.6) is 0 Å². The molecule has 11 rings (SSSR count). The van der Waals surface area contributed by atoms with Crippen molar-refractivity contribution >= 4 is 43.6 Å². The van der Waals surface area contributed by atoms with Gasteiger partial charge in [0.15, 0.2) is 5.82 Å². The number of para-hydroxylation sites is 3. The monoisotopic (exact) mass is 742 g/mol. The van der Waals surface area contributed by atoms with Gasteiger partial charge in [0.1, 0.15) is 0 Å². The van der Waals surface area contributed by atoms with Crippen molar-refractivity contribution in [3.63, 3.8) is 0 Å². The second-order valence-corrected chi connectivity index (χ2v) is 15.2. The van der Waals surface area contributed by atoms with Gasteiger partial charge in [-0.15, -0.1) is 0 Å². The molecule has 0 atom stereocenters. The van der Waals surface area contributed by atoms with E-state index in [4.69, 9.17) is 9.97 Å². The number of benzene rings is 8. The summed E-state index contributed by atoms with van der Waals surface area (Å²) in [5.41, 5.74) is 16.2. The molecule has 3 aromatic heterocycles. The van der Waals surface area contributed by atoms with Crippen LogP contribution in [0.1, 0.15) is 11.1 Å². The average Bonchev–Trinajstić information content (AvgIpc) is 3.78. The highest BCUT2D eigenvalue weighted by Gasteiger charge is 2.24. The number of aromatic nitrogens is 4. The van der Waals surface area contributed by atoms with Crippen molar-refractivity contribution < 1.29 is 0 Å². The number of fused-ring (bicyclic) bond motifs is 6. The van der Waals surface area contributed by atoms with Crippen LogP contribution in [0.25, 0.3) is 100 Å². The maximum Gasteiger partial charge on any atom is 0.161 e. The maximum atomic E-state index is 5.42. The van der Waals surface area contributed by atoms with Crippen molar-refractivity contribution in [2.24, 2.45) is 0 Å². The molecular formula is C54H38N4. The van der Waals surface area contributed by atoms with Gasteiger partial charge in [-0.2, -0.15) is 0 Å². The highest BCUT2D eigenvalue weighted by molar-refractivity contribution is 6.12. The van der Waals surface area contributed by atoms with Crippen molar-refractivity contribution in [3.8, 4) is 56.4 Å². The molecule has 274 valence electrons. The number of hydrogen-bond acceptors (Lipinski definition) is 2. The van der Waals surface area contributed by atoms with Crippen molar-refractivity contribution in [1.29, 1.82) is 0 Å². The molecule has 0 aliphatic heterocycles. The summed E-state index contributed by atoms with van der Waals surface area (Å²) in [7, 11) is 0. The fraction of sp³-hybridized carbons (Fsp3) is 0.0370. The number of aryl methyl sites for hydroxylation is 2. The molecule has 0 spiro atoms. The van der Waals surface area contributed by atoms with Gasteiger partial charge in [-0.25, -0.2) is 9.97 Å². The van der Waals surface area contributed by atoms with Gasteiger partial charge in [-0.1, -0.05) is 151 Å². The topological polar surface area (TPSA) is 35.6 Å². The van der Waals surface area contributed by atoms with E-state index in [1.54, 1.807) is 0 Å². The largest absolute Gasteiger partial charge is 0.309 e. The fourth-order valence-electron chi connectivity index (χ4n) is 8.85. The van der Waals surface area contributed by atoms with Crippen LogP contribution in [0.3, 0.4) is 0 Å². The van der Waals surface area contributed by atoms with Crippen LogP contribution in [0.2, 0.25) is 0 Å². The second kappa shape index (κ2) is 13.6. The predicted molar refractivity (Wildman–Crippen MR) is 242 cm³/mol. The van der Waals surface area contributed by atoms with Crippen molar-refractivity contribution in [2.45, 2.75) is 13.8 Å². The minimum atomic E-state index is 0.668. The van der Waals surface area contributed by atoms with E-state index < -0.39 is 0 Å². The Balaban J connectivity index is 1.29. The highest BCUT2D eigenvalue weighted by atomic mass is 15.0. The van der Waals surface area contributed by atoms with Gasteiger partial charge < -0.3 is 9.13 Å². The van der Waals surface area contributed by atoms with Crippen LogP contribution in [-0.2, 0) is 0 Å². The van der Waals surface area contributed by atoms with Gasteiger partial charge >= 0.3 is 0 Å². The molecule has 3 heterocycles. The summed E-state index contributed by atoms with van der Waals surface area (Å²) < 4.78 is 4.87. The number of rotatable bonds is 6. The van der Waals surface area contributed by atoms with E-state index in [0.29, 0.717) is 5.82 Å². The van der Waals surface area contributed by atoms with Gasteiger partial charge in [-0.3, -0.25) is 0 Å². The fourth-order valence-corrected chi connectivity index (χ4v) is 8.85. The van der Waals surface area contributed by atoms with Crippen LogP contribution >= 0.6 is 0 Å². The van der Waals surface area contributed by atoms with Crippen molar-refractivity contribution in [2.75, 3.05) is 0 Å². The first kappa shape index (κ1) is 33.8. The molecule has 58 heavy (non-hydrogen) atoms. The zero-order chi connectivity index (χ0) is 38.7. The Morgan fingerprint density at radius 2 is 0.793 bits per heavy atom. The summed E-state index contributed by atoms with van der Waals surface area (Å²) in [6.07, 6.45) is 0. The van der Waals surface area contributed by atoms with E-state index in [2.05, 4.69) is 205 Å². The van der Waals surface area contributed by atoms with Crippen LogP contribution in [0.15, 0.2) is 194 Å². The maximum absolute atomic E-state index is 5.42. The normalized spacial score (nSPS) is 11.6. The molecule has 0 N–H and O–H groups in total. The third-order valence-corrected chi connectivity index (χ3v) is 11.5. The third kappa shape index (κ3) is 5.45. The smallest absolute Gasteiger partial charge is 0.161 e. The average molecular weight is 743 g/mol. The lowest BCUT2D eigenvalue weighted by Gasteiger charge is -2.21. The lowest BCUT2D eigenvalue weighted by molar-refractivity contribution is 1.15. The third-order valence-electron chi connectivity index (χ3n) is 11.5. The van der Waals surface area contributed by atoms with Crippen LogP contribution in [-0.4, -0.2) is 19.1 Å². The molecule has 0 aliphatic rings. The summed E-state index contributed by atoms with van der Waals surface area (Å²) in [4.78, 5) is 10.8. The van der Waals surface area contributed by atoms with Gasteiger partial charge in [0, 0.05) is 49.4 Å². The molecule has 4 heteroatoms. The summed E-state index contributed by atoms with van der Waals surface area (Å²) in [6, 6.07) is 69.5. The Hall–Kier alpha value is -7.56. The first-order chi connectivity index (χ1) is 28.6. The molecule has 0 amide bonds. The standard InChI is InChI=1S/C54H38N4/c1-35-28-30-50-43(32-35)44-33-36(2)29-31-51(44)58(50)52-27-15-23-42(54-55-45(37-16-5-3-6-17-37)34-46(56-54)38-18-7-4-8-19-38)53(52)41-22-11-14-26-49(41)57-47-24-12-9-20-39(47)40-21-10-13-25-48(40)57/h3-34H,1-2H3. The molecule has 0 bridgehead atoms. The first-order valence-corrected chi connectivity index (χ1v) is 19.8. The zero-order valence-electron chi connectivity index (χ0n) is 32.3. The predicted octanol–water partition coefficient (Wildman–Crippen LogP) is 14.0. The van der Waals surface area contributed by atoms with Gasteiger partial charge in [0.2, 0.25) is 0 Å². The Morgan fingerprint density at radius 3 is 1.38 bits per heavy atom. The molecule has 0 fully saturated rings. The molecule has 4 nitrogen and oxygen atoms in total.